The van der Waals surface area contributed by atoms with Crippen molar-refractivity contribution in [1.82, 2.24) is 10.6 Å². The maximum Gasteiger partial charge on any atom is 0.337 e. The van der Waals surface area contributed by atoms with Gasteiger partial charge in [-0.1, -0.05) is 36.4 Å². The first-order valence-electron chi connectivity index (χ1n) is 8.74. The number of hydrogen-bond donors (Lipinski definition) is 2. The molecular formula is C21H22N2O5. The SMILES string of the molecule is COC(=O)C1=C(C)NC(=O)N[C@@H]1c1ccc(OCc2ccccc2)c(OC)c1. The average Bonchev–Trinajstić information content (AvgIpc) is 2.71. The van der Waals surface area contributed by atoms with Crippen LogP contribution >= 0.6 is 0 Å². The van der Waals surface area contributed by atoms with Gasteiger partial charge in [0.25, 0.3) is 0 Å². The van der Waals surface area contributed by atoms with Crippen LogP contribution in [0.5, 0.6) is 11.5 Å². The summed E-state index contributed by atoms with van der Waals surface area (Å²) in [6.45, 7) is 2.06. The number of allylic oxidation sites excluding steroid dienone is 1. The molecule has 28 heavy (non-hydrogen) atoms. The smallest absolute Gasteiger partial charge is 0.337 e. The van der Waals surface area contributed by atoms with Crippen molar-refractivity contribution in [3.8, 4) is 11.5 Å². The van der Waals surface area contributed by atoms with E-state index in [-0.39, 0.29) is 0 Å². The molecule has 1 aliphatic heterocycles. The van der Waals surface area contributed by atoms with Crippen LogP contribution in [0, 0.1) is 0 Å². The van der Waals surface area contributed by atoms with Gasteiger partial charge in [0.1, 0.15) is 6.61 Å². The van der Waals surface area contributed by atoms with Gasteiger partial charge in [0.2, 0.25) is 0 Å². The van der Waals surface area contributed by atoms with E-state index in [1.165, 1.54) is 14.2 Å². The summed E-state index contributed by atoms with van der Waals surface area (Å²) in [5.74, 6) is 0.553. The second kappa shape index (κ2) is 8.47. The van der Waals surface area contributed by atoms with E-state index in [0.29, 0.717) is 34.9 Å². The highest BCUT2D eigenvalue weighted by atomic mass is 16.5. The summed E-state index contributed by atoms with van der Waals surface area (Å²) < 4.78 is 16.2. The fourth-order valence-corrected chi connectivity index (χ4v) is 3.04. The maximum absolute atomic E-state index is 12.2. The number of esters is 1. The van der Waals surface area contributed by atoms with Crippen molar-refractivity contribution >= 4 is 12.0 Å². The first-order valence-corrected chi connectivity index (χ1v) is 8.74. The topological polar surface area (TPSA) is 85.9 Å². The summed E-state index contributed by atoms with van der Waals surface area (Å²) in [6, 6.07) is 14.0. The number of ether oxygens (including phenoxy) is 3. The first-order chi connectivity index (χ1) is 13.5. The molecule has 0 bridgehead atoms. The third-order valence-electron chi connectivity index (χ3n) is 4.43. The summed E-state index contributed by atoms with van der Waals surface area (Å²) in [4.78, 5) is 24.2. The van der Waals surface area contributed by atoms with Gasteiger partial charge < -0.3 is 24.8 Å². The highest BCUT2D eigenvalue weighted by Crippen LogP contribution is 2.34. The monoisotopic (exact) mass is 382 g/mol. The maximum atomic E-state index is 12.2. The van der Waals surface area contributed by atoms with Crippen LogP contribution in [0.1, 0.15) is 24.1 Å². The second-order valence-corrected chi connectivity index (χ2v) is 6.25. The molecule has 1 heterocycles. The number of hydrogen-bond acceptors (Lipinski definition) is 5. The van der Waals surface area contributed by atoms with Crippen molar-refractivity contribution in [2.45, 2.75) is 19.6 Å². The Morgan fingerprint density at radius 3 is 2.50 bits per heavy atom. The number of benzene rings is 2. The third-order valence-corrected chi connectivity index (χ3v) is 4.43. The van der Waals surface area contributed by atoms with Crippen LogP contribution in [0.2, 0.25) is 0 Å². The van der Waals surface area contributed by atoms with Crippen LogP contribution in [0.25, 0.3) is 0 Å². The number of rotatable bonds is 6. The minimum atomic E-state index is -0.654. The summed E-state index contributed by atoms with van der Waals surface area (Å²) in [6.07, 6.45) is 0. The van der Waals surface area contributed by atoms with Crippen molar-refractivity contribution in [3.63, 3.8) is 0 Å². The van der Waals surface area contributed by atoms with Crippen LogP contribution in [0.4, 0.5) is 4.79 Å². The molecule has 0 saturated heterocycles. The standard InChI is InChI=1S/C21H22N2O5/c1-13-18(20(24)27-3)19(23-21(25)22-13)15-9-10-16(17(11-15)26-2)28-12-14-7-5-4-6-8-14/h4-11,19H,12H2,1-3H3,(H2,22,23,25)/t19-/m1/s1. The fraction of sp³-hybridized carbons (Fsp3) is 0.238. The lowest BCUT2D eigenvalue weighted by Gasteiger charge is -2.28. The van der Waals surface area contributed by atoms with E-state index in [1.54, 1.807) is 25.1 Å². The average molecular weight is 382 g/mol. The van der Waals surface area contributed by atoms with Crippen molar-refractivity contribution in [2.75, 3.05) is 14.2 Å². The lowest BCUT2D eigenvalue weighted by Crippen LogP contribution is -2.45. The Morgan fingerprint density at radius 1 is 1.07 bits per heavy atom. The normalized spacial score (nSPS) is 16.1. The molecule has 7 nitrogen and oxygen atoms in total. The highest BCUT2D eigenvalue weighted by molar-refractivity contribution is 5.95. The van der Waals surface area contributed by atoms with Gasteiger partial charge in [-0.25, -0.2) is 9.59 Å². The Kier molecular flexibility index (Phi) is 5.84. The summed E-state index contributed by atoms with van der Waals surface area (Å²) in [5, 5.41) is 5.35. The molecule has 1 atom stereocenters. The number of urea groups is 1. The molecule has 1 aliphatic rings. The van der Waals surface area contributed by atoms with Gasteiger partial charge in [0, 0.05) is 5.70 Å². The third kappa shape index (κ3) is 4.09. The summed E-state index contributed by atoms with van der Waals surface area (Å²) in [7, 11) is 2.84. The molecule has 2 N–H and O–H groups in total. The van der Waals surface area contributed by atoms with Crippen molar-refractivity contribution in [1.29, 1.82) is 0 Å². The zero-order chi connectivity index (χ0) is 20.1. The van der Waals surface area contributed by atoms with Crippen LogP contribution in [0.15, 0.2) is 59.8 Å². The molecule has 2 aromatic carbocycles. The summed E-state index contributed by atoms with van der Waals surface area (Å²) in [5.41, 5.74) is 2.50. The van der Waals surface area contributed by atoms with Gasteiger partial charge in [0.15, 0.2) is 11.5 Å². The highest BCUT2D eigenvalue weighted by Gasteiger charge is 2.32. The Bertz CT molecular complexity index is 908. The van der Waals surface area contributed by atoms with E-state index in [0.717, 1.165) is 5.56 Å². The molecule has 2 amide bonds. The lowest BCUT2D eigenvalue weighted by atomic mass is 9.95. The van der Waals surface area contributed by atoms with Gasteiger partial charge in [-0.15, -0.1) is 0 Å². The van der Waals surface area contributed by atoms with Gasteiger partial charge in [0.05, 0.1) is 25.8 Å². The molecular weight excluding hydrogens is 360 g/mol. The molecule has 0 aliphatic carbocycles. The zero-order valence-corrected chi connectivity index (χ0v) is 15.9. The summed E-state index contributed by atoms with van der Waals surface area (Å²) >= 11 is 0. The van der Waals surface area contributed by atoms with Gasteiger partial charge in [-0.3, -0.25) is 0 Å². The van der Waals surface area contributed by atoms with E-state index in [4.69, 9.17) is 14.2 Å². The molecule has 0 radical (unpaired) electrons. The minimum absolute atomic E-state index is 0.335. The molecule has 0 spiro atoms. The molecule has 3 rings (SSSR count). The number of methoxy groups -OCH3 is 2. The van der Waals surface area contributed by atoms with Gasteiger partial charge in [-0.2, -0.15) is 0 Å². The van der Waals surface area contributed by atoms with Crippen LogP contribution < -0.4 is 20.1 Å². The number of nitrogens with one attached hydrogen (secondary N) is 2. The fourth-order valence-electron chi connectivity index (χ4n) is 3.04. The van der Waals surface area contributed by atoms with E-state index < -0.39 is 18.0 Å². The van der Waals surface area contributed by atoms with E-state index in [1.807, 2.05) is 30.3 Å². The second-order valence-electron chi connectivity index (χ2n) is 6.25. The van der Waals surface area contributed by atoms with Crippen molar-refractivity contribution in [2.24, 2.45) is 0 Å². The molecule has 2 aromatic rings. The number of amides is 2. The minimum Gasteiger partial charge on any atom is -0.493 e. The quantitative estimate of drug-likeness (QED) is 0.750. The molecule has 0 aromatic heterocycles. The number of carbonyl (C=O) groups is 2. The van der Waals surface area contributed by atoms with Crippen molar-refractivity contribution < 1.29 is 23.8 Å². The predicted octanol–water partition coefficient (Wildman–Crippen LogP) is 3.08. The predicted molar refractivity (Wildman–Crippen MR) is 103 cm³/mol. The Balaban J connectivity index is 1.88. The molecule has 7 heteroatoms. The Morgan fingerprint density at radius 2 is 1.82 bits per heavy atom. The van der Waals surface area contributed by atoms with Crippen LogP contribution in [0.3, 0.4) is 0 Å². The molecule has 146 valence electrons. The van der Waals surface area contributed by atoms with Crippen LogP contribution in [-0.4, -0.2) is 26.2 Å². The van der Waals surface area contributed by atoms with Crippen molar-refractivity contribution in [3.05, 3.63) is 70.9 Å². The molecule has 0 fully saturated rings. The van der Waals surface area contributed by atoms with E-state index in [9.17, 15) is 9.59 Å². The zero-order valence-electron chi connectivity index (χ0n) is 15.9. The van der Waals surface area contributed by atoms with E-state index >= 15 is 0 Å². The largest absolute Gasteiger partial charge is 0.493 e. The first kappa shape index (κ1) is 19.3. The molecule has 0 unspecified atom stereocenters. The Labute approximate surface area is 163 Å². The van der Waals surface area contributed by atoms with Crippen LogP contribution in [-0.2, 0) is 16.1 Å². The van der Waals surface area contributed by atoms with Gasteiger partial charge in [-0.05, 0) is 30.2 Å². The Hall–Kier alpha value is -3.48. The van der Waals surface area contributed by atoms with E-state index in [2.05, 4.69) is 10.6 Å². The van der Waals surface area contributed by atoms with Gasteiger partial charge >= 0.3 is 12.0 Å². The molecule has 0 saturated carbocycles. The lowest BCUT2D eigenvalue weighted by molar-refractivity contribution is -0.136. The number of carbonyl (C=O) groups excluding carboxylic acids is 2.